The first-order chi connectivity index (χ1) is 18.9. The topological polar surface area (TPSA) is 131 Å². The summed E-state index contributed by atoms with van der Waals surface area (Å²) >= 11 is 0. The Hall–Kier alpha value is -3.15. The monoisotopic (exact) mass is 570 g/mol. The molecule has 0 bridgehead atoms. The molecule has 1 saturated heterocycles. The molecule has 0 aliphatic carbocycles. The molecule has 3 amide bonds. The zero-order valence-corrected chi connectivity index (χ0v) is 23.2. The second kappa shape index (κ2) is 16.2. The highest BCUT2D eigenvalue weighted by atomic mass is 19.4. The van der Waals surface area contributed by atoms with Gasteiger partial charge >= 0.3 is 12.1 Å². The number of likely N-dealkylation sites (tertiary alicyclic amines) is 1. The summed E-state index contributed by atoms with van der Waals surface area (Å²) in [5.74, 6) is -2.36. The summed E-state index contributed by atoms with van der Waals surface area (Å²) in [4.78, 5) is 52.8. The fourth-order valence-corrected chi connectivity index (χ4v) is 4.68. The molecule has 0 saturated carbocycles. The summed E-state index contributed by atoms with van der Waals surface area (Å²) in [5.41, 5.74) is 6.83. The van der Waals surface area contributed by atoms with Crippen molar-refractivity contribution in [2.24, 2.45) is 11.7 Å². The number of nitrogens with zero attached hydrogens (tertiary/aromatic N) is 1. The molecule has 12 heteroatoms. The van der Waals surface area contributed by atoms with Crippen molar-refractivity contribution in [2.75, 3.05) is 20.2 Å². The smallest absolute Gasteiger partial charge is 0.389 e. The third kappa shape index (κ3) is 11.1. The molecule has 2 rings (SSSR count). The van der Waals surface area contributed by atoms with E-state index >= 15 is 0 Å². The summed E-state index contributed by atoms with van der Waals surface area (Å²) in [7, 11) is 1.31. The number of carbonyl (C=O) groups is 4. The van der Waals surface area contributed by atoms with Crippen LogP contribution in [0.5, 0.6) is 0 Å². The molecule has 40 heavy (non-hydrogen) atoms. The Morgan fingerprint density at radius 3 is 2.17 bits per heavy atom. The van der Waals surface area contributed by atoms with E-state index in [9.17, 15) is 32.3 Å². The molecule has 4 N–H and O–H groups in total. The van der Waals surface area contributed by atoms with Gasteiger partial charge in [-0.05, 0) is 44.1 Å². The molecule has 1 aliphatic heterocycles. The number of halogens is 3. The van der Waals surface area contributed by atoms with Gasteiger partial charge in [-0.3, -0.25) is 19.2 Å². The Morgan fingerprint density at radius 1 is 1.00 bits per heavy atom. The van der Waals surface area contributed by atoms with E-state index in [4.69, 9.17) is 10.5 Å². The lowest BCUT2D eigenvalue weighted by Crippen LogP contribution is -2.57. The van der Waals surface area contributed by atoms with Gasteiger partial charge in [-0.15, -0.1) is 0 Å². The Bertz CT molecular complexity index is 968. The molecular weight excluding hydrogens is 529 g/mol. The molecule has 1 aromatic carbocycles. The summed E-state index contributed by atoms with van der Waals surface area (Å²) in [6.45, 7) is 2.56. The minimum atomic E-state index is -4.41. The predicted octanol–water partition coefficient (Wildman–Crippen LogP) is 2.86. The number of unbranched alkanes of at least 4 members (excludes halogenated alkanes) is 1. The molecule has 0 spiro atoms. The number of methoxy groups -OCH3 is 1. The summed E-state index contributed by atoms with van der Waals surface area (Å²) < 4.78 is 43.2. The molecule has 1 heterocycles. The van der Waals surface area contributed by atoms with Crippen molar-refractivity contribution in [1.29, 1.82) is 0 Å². The van der Waals surface area contributed by atoms with E-state index in [0.717, 1.165) is 12.0 Å². The van der Waals surface area contributed by atoms with Crippen LogP contribution in [0.15, 0.2) is 30.3 Å². The lowest BCUT2D eigenvalue weighted by Gasteiger charge is -2.34. The lowest BCUT2D eigenvalue weighted by molar-refractivity contribution is -0.149. The van der Waals surface area contributed by atoms with Gasteiger partial charge in [0.2, 0.25) is 17.7 Å². The quantitative estimate of drug-likeness (QED) is 0.295. The van der Waals surface area contributed by atoms with Gasteiger partial charge in [-0.2, -0.15) is 13.2 Å². The van der Waals surface area contributed by atoms with E-state index < -0.39 is 42.5 Å². The second-order valence-corrected chi connectivity index (χ2v) is 10.2. The summed E-state index contributed by atoms with van der Waals surface area (Å²) in [6, 6.07) is 5.75. The van der Waals surface area contributed by atoms with Crippen molar-refractivity contribution in [2.45, 2.75) is 89.0 Å². The fourth-order valence-electron chi connectivity index (χ4n) is 4.68. The number of hydrogen-bond donors (Lipinski definition) is 3. The number of nitrogens with two attached hydrogens (primary N) is 1. The van der Waals surface area contributed by atoms with Crippen LogP contribution in [0.3, 0.4) is 0 Å². The van der Waals surface area contributed by atoms with Gasteiger partial charge in [0.25, 0.3) is 0 Å². The maximum atomic E-state index is 13.3. The number of ether oxygens (including phenoxy) is 1. The van der Waals surface area contributed by atoms with Gasteiger partial charge in [0, 0.05) is 19.5 Å². The maximum Gasteiger partial charge on any atom is 0.389 e. The van der Waals surface area contributed by atoms with Crippen molar-refractivity contribution in [3.63, 3.8) is 0 Å². The molecule has 9 nitrogen and oxygen atoms in total. The van der Waals surface area contributed by atoms with Crippen LogP contribution in [-0.4, -0.2) is 73.1 Å². The van der Waals surface area contributed by atoms with E-state index in [0.29, 0.717) is 38.8 Å². The van der Waals surface area contributed by atoms with Crippen molar-refractivity contribution in [1.82, 2.24) is 15.5 Å². The van der Waals surface area contributed by atoms with E-state index in [2.05, 4.69) is 10.6 Å². The number of esters is 1. The van der Waals surface area contributed by atoms with E-state index in [1.54, 1.807) is 29.2 Å². The highest BCUT2D eigenvalue weighted by Crippen LogP contribution is 2.23. The van der Waals surface area contributed by atoms with Gasteiger partial charge in [-0.25, -0.2) is 0 Å². The fraction of sp³-hybridized carbons (Fsp3) is 0.643. The largest absolute Gasteiger partial charge is 0.469 e. The lowest BCUT2D eigenvalue weighted by atomic mass is 9.96. The van der Waals surface area contributed by atoms with Crippen LogP contribution in [0.2, 0.25) is 0 Å². The van der Waals surface area contributed by atoms with Gasteiger partial charge in [-0.1, -0.05) is 50.1 Å². The highest BCUT2D eigenvalue weighted by molar-refractivity contribution is 5.93. The number of amides is 3. The zero-order chi connectivity index (χ0) is 29.7. The number of nitrogens with one attached hydrogen (secondary N) is 2. The van der Waals surface area contributed by atoms with E-state index in [-0.39, 0.29) is 37.1 Å². The number of benzene rings is 1. The van der Waals surface area contributed by atoms with Crippen molar-refractivity contribution < 1.29 is 37.1 Å². The van der Waals surface area contributed by atoms with Gasteiger partial charge < -0.3 is 26.0 Å². The molecule has 1 unspecified atom stereocenters. The molecular formula is C28H41F3N4O5. The van der Waals surface area contributed by atoms with E-state index in [1.165, 1.54) is 7.11 Å². The van der Waals surface area contributed by atoms with Crippen LogP contribution in [0.25, 0.3) is 0 Å². The third-order valence-corrected chi connectivity index (χ3v) is 7.02. The van der Waals surface area contributed by atoms with Gasteiger partial charge in [0.15, 0.2) is 0 Å². The first kappa shape index (κ1) is 33.1. The van der Waals surface area contributed by atoms with Crippen LogP contribution in [0, 0.1) is 5.92 Å². The average Bonchev–Trinajstić information content (AvgIpc) is 2.93. The number of hydrogen-bond acceptors (Lipinski definition) is 6. The minimum absolute atomic E-state index is 0.183. The van der Waals surface area contributed by atoms with Crippen LogP contribution in [0.1, 0.15) is 63.9 Å². The Kier molecular flexibility index (Phi) is 13.4. The molecule has 0 radical (unpaired) electrons. The average molecular weight is 571 g/mol. The molecule has 3 atom stereocenters. The Labute approximate surface area is 233 Å². The Morgan fingerprint density at radius 2 is 1.60 bits per heavy atom. The van der Waals surface area contributed by atoms with Crippen molar-refractivity contribution >= 4 is 23.7 Å². The summed E-state index contributed by atoms with van der Waals surface area (Å²) in [5, 5.41) is 5.19. The molecule has 1 fully saturated rings. The van der Waals surface area contributed by atoms with Gasteiger partial charge in [0.1, 0.15) is 12.1 Å². The van der Waals surface area contributed by atoms with Gasteiger partial charge in [0.05, 0.1) is 19.1 Å². The first-order valence-electron chi connectivity index (χ1n) is 13.8. The number of rotatable bonds is 14. The van der Waals surface area contributed by atoms with Crippen LogP contribution >= 0.6 is 0 Å². The van der Waals surface area contributed by atoms with E-state index in [1.807, 2.05) is 13.0 Å². The van der Waals surface area contributed by atoms with Crippen molar-refractivity contribution in [3.8, 4) is 0 Å². The van der Waals surface area contributed by atoms with Crippen LogP contribution in [0.4, 0.5) is 13.2 Å². The number of carbonyl (C=O) groups excluding carboxylic acids is 4. The second-order valence-electron chi connectivity index (χ2n) is 10.2. The maximum absolute atomic E-state index is 13.3. The SMILES string of the molecule is CCCCC(NC(=O)[C@@H](CCCC(F)(F)F)NC(=O)[C@H](N)Cc1ccccc1)C(=O)N1CCC(C(=O)OC)CC1. The van der Waals surface area contributed by atoms with Crippen LogP contribution < -0.4 is 16.4 Å². The molecule has 1 aromatic rings. The first-order valence-corrected chi connectivity index (χ1v) is 13.8. The molecule has 0 aromatic heterocycles. The Balaban J connectivity index is 2.10. The summed E-state index contributed by atoms with van der Waals surface area (Å²) in [6.07, 6.45) is -3.42. The van der Waals surface area contributed by atoms with Crippen molar-refractivity contribution in [3.05, 3.63) is 35.9 Å². The number of alkyl halides is 3. The predicted molar refractivity (Wildman–Crippen MR) is 143 cm³/mol. The van der Waals surface area contributed by atoms with Crippen LogP contribution in [-0.2, 0) is 30.3 Å². The highest BCUT2D eigenvalue weighted by Gasteiger charge is 2.34. The number of piperidine rings is 1. The molecule has 1 aliphatic rings. The standard InChI is InChI=1S/C28H41F3N4O5/c1-3-4-11-23(26(38)35-16-13-20(14-17-35)27(39)40-2)34-25(37)22(12-8-15-28(29,30)31)33-24(36)21(32)18-19-9-6-5-7-10-19/h5-7,9-10,20-23H,3-4,8,11-18,32H2,1-2H3,(H,33,36)(H,34,37)/t21-,22-,23?/m1/s1. The zero-order valence-electron chi connectivity index (χ0n) is 23.2. The third-order valence-electron chi connectivity index (χ3n) is 7.02. The normalized spacial score (nSPS) is 16.5. The minimum Gasteiger partial charge on any atom is -0.469 e. The molecule has 224 valence electrons.